The lowest BCUT2D eigenvalue weighted by atomic mass is 9.91. The van der Waals surface area contributed by atoms with E-state index in [0.717, 1.165) is 42.7 Å². The molecule has 8 heteroatoms. The molecule has 1 saturated carbocycles. The Morgan fingerprint density at radius 3 is 2.14 bits per heavy atom. The van der Waals surface area contributed by atoms with Crippen molar-refractivity contribution in [2.75, 3.05) is 13.2 Å². The number of aromatic nitrogens is 1. The molecule has 1 aromatic heterocycles. The number of carboxylic acid groups (broad SMARTS) is 2. The van der Waals surface area contributed by atoms with Gasteiger partial charge in [-0.1, -0.05) is 42.5 Å². The maximum atomic E-state index is 15.3. The Morgan fingerprint density at radius 1 is 0.884 bits per heavy atom. The Kier molecular flexibility index (Phi) is 9.14. The third kappa shape index (κ3) is 7.44. The summed E-state index contributed by atoms with van der Waals surface area (Å²) in [6, 6.07) is 20.4. The van der Waals surface area contributed by atoms with Crippen molar-refractivity contribution < 1.29 is 33.7 Å². The predicted molar refractivity (Wildman–Crippen MR) is 164 cm³/mol. The molecule has 5 rings (SSSR count). The number of fused-ring (bicyclic) bond motifs is 1. The molecule has 1 fully saturated rings. The van der Waals surface area contributed by atoms with Gasteiger partial charge >= 0.3 is 11.9 Å². The molecule has 7 nitrogen and oxygen atoms in total. The minimum Gasteiger partial charge on any atom is -0.494 e. The molecule has 224 valence electrons. The van der Waals surface area contributed by atoms with Gasteiger partial charge in [-0.25, -0.2) is 4.39 Å². The highest BCUT2D eigenvalue weighted by molar-refractivity contribution is 5.95. The summed E-state index contributed by atoms with van der Waals surface area (Å²) < 4.78 is 28.6. The first-order chi connectivity index (χ1) is 20.7. The molecule has 0 saturated heterocycles. The number of hydrogen-bond donors (Lipinski definition) is 2. The van der Waals surface area contributed by atoms with E-state index in [1.807, 2.05) is 66.7 Å². The average molecular weight is 586 g/mol. The predicted octanol–water partition coefficient (Wildman–Crippen LogP) is 7.38. The van der Waals surface area contributed by atoms with Crippen molar-refractivity contribution >= 4 is 35.0 Å². The van der Waals surface area contributed by atoms with Crippen LogP contribution in [0, 0.1) is 18.2 Å². The zero-order valence-electron chi connectivity index (χ0n) is 24.2. The quantitative estimate of drug-likeness (QED) is 0.112. The van der Waals surface area contributed by atoms with Crippen molar-refractivity contribution in [3.63, 3.8) is 0 Å². The number of hydrogen-bond acceptors (Lipinski definition) is 4. The van der Waals surface area contributed by atoms with Crippen LogP contribution in [0.3, 0.4) is 0 Å². The first-order valence-electron chi connectivity index (χ1n) is 14.6. The van der Waals surface area contributed by atoms with Crippen molar-refractivity contribution in [3.05, 3.63) is 94.9 Å². The Morgan fingerprint density at radius 2 is 1.53 bits per heavy atom. The van der Waals surface area contributed by atoms with E-state index in [1.54, 1.807) is 17.6 Å². The first kappa shape index (κ1) is 29.9. The number of aliphatic carboxylic acids is 2. The zero-order valence-corrected chi connectivity index (χ0v) is 24.2. The standard InChI is InChI=1S/C35H36FNO6/c1-24-29(21-35(17-18-35)22-31(38)39)33-30(36)16-13-26(34(33)37(24)23-32(40)41)12-9-25-10-14-28(15-11-25)43-20-6-5-19-42-27-7-3-2-4-8-27/h2-4,7-16H,5-6,17-23H2,1H3,(H,38,39)(H,40,41)/b12-9+. The molecule has 43 heavy (non-hydrogen) atoms. The third-order valence-electron chi connectivity index (χ3n) is 8.05. The summed E-state index contributed by atoms with van der Waals surface area (Å²) in [4.78, 5) is 23.2. The molecule has 1 aliphatic carbocycles. The van der Waals surface area contributed by atoms with Gasteiger partial charge in [0.1, 0.15) is 23.9 Å². The normalized spacial score (nSPS) is 13.8. The smallest absolute Gasteiger partial charge is 0.323 e. The molecule has 0 aliphatic heterocycles. The molecule has 0 bridgehead atoms. The summed E-state index contributed by atoms with van der Waals surface area (Å²) in [5.74, 6) is -0.721. The summed E-state index contributed by atoms with van der Waals surface area (Å²) in [6.45, 7) is 2.69. The monoisotopic (exact) mass is 585 g/mol. The van der Waals surface area contributed by atoms with E-state index < -0.39 is 23.2 Å². The van der Waals surface area contributed by atoms with Crippen LogP contribution in [-0.4, -0.2) is 39.9 Å². The third-order valence-corrected chi connectivity index (χ3v) is 8.05. The Balaban J connectivity index is 1.28. The lowest BCUT2D eigenvalue weighted by Crippen LogP contribution is -2.13. The van der Waals surface area contributed by atoms with Gasteiger partial charge in [0.25, 0.3) is 0 Å². The fraction of sp³-hybridized carbons (Fsp3) is 0.314. The van der Waals surface area contributed by atoms with Gasteiger partial charge in [0.15, 0.2) is 0 Å². The molecule has 4 aromatic rings. The summed E-state index contributed by atoms with van der Waals surface area (Å²) in [7, 11) is 0. The van der Waals surface area contributed by atoms with Gasteiger partial charge in [-0.15, -0.1) is 0 Å². The Bertz CT molecular complexity index is 1620. The van der Waals surface area contributed by atoms with E-state index in [0.29, 0.717) is 47.4 Å². The first-order valence-corrected chi connectivity index (χ1v) is 14.6. The molecule has 1 heterocycles. The van der Waals surface area contributed by atoms with Crippen molar-refractivity contribution in [1.82, 2.24) is 4.57 Å². The summed E-state index contributed by atoms with van der Waals surface area (Å²) in [6.07, 6.45) is 7.44. The molecule has 0 unspecified atom stereocenters. The van der Waals surface area contributed by atoms with Crippen LogP contribution in [-0.2, 0) is 22.6 Å². The van der Waals surface area contributed by atoms with Crippen molar-refractivity contribution in [1.29, 1.82) is 0 Å². The second kappa shape index (κ2) is 13.2. The van der Waals surface area contributed by atoms with Crippen LogP contribution in [0.1, 0.15) is 54.5 Å². The molecule has 0 radical (unpaired) electrons. The number of nitrogens with zero attached hydrogens (tertiary/aromatic N) is 1. The molecule has 1 aliphatic rings. The van der Waals surface area contributed by atoms with Gasteiger partial charge < -0.3 is 24.3 Å². The molecule has 0 spiro atoms. The van der Waals surface area contributed by atoms with Gasteiger partial charge in [-0.3, -0.25) is 9.59 Å². The fourth-order valence-corrected chi connectivity index (χ4v) is 5.61. The number of benzene rings is 3. The molecule has 0 atom stereocenters. The van der Waals surface area contributed by atoms with Gasteiger partial charge in [-0.2, -0.15) is 0 Å². The van der Waals surface area contributed by atoms with E-state index in [9.17, 15) is 19.8 Å². The second-order valence-corrected chi connectivity index (χ2v) is 11.3. The van der Waals surface area contributed by atoms with E-state index in [-0.39, 0.29) is 13.0 Å². The van der Waals surface area contributed by atoms with Crippen LogP contribution in [0.2, 0.25) is 0 Å². The van der Waals surface area contributed by atoms with Crippen LogP contribution in [0.5, 0.6) is 11.5 Å². The number of ether oxygens (including phenoxy) is 2. The number of carbonyl (C=O) groups is 2. The lowest BCUT2D eigenvalue weighted by molar-refractivity contribution is -0.139. The van der Waals surface area contributed by atoms with Crippen LogP contribution >= 0.6 is 0 Å². The highest BCUT2D eigenvalue weighted by atomic mass is 19.1. The molecule has 3 aromatic carbocycles. The Labute approximate surface area is 250 Å². The van der Waals surface area contributed by atoms with E-state index in [2.05, 4.69) is 0 Å². The number of carboxylic acids is 2. The number of halogens is 1. The van der Waals surface area contributed by atoms with Crippen LogP contribution in [0.25, 0.3) is 23.1 Å². The van der Waals surface area contributed by atoms with Gasteiger partial charge in [0, 0.05) is 11.1 Å². The maximum absolute atomic E-state index is 15.3. The lowest BCUT2D eigenvalue weighted by Gasteiger charge is -2.13. The minimum absolute atomic E-state index is 0.0155. The van der Waals surface area contributed by atoms with Gasteiger partial charge in [0.05, 0.1) is 25.2 Å². The molecular formula is C35H36FNO6. The van der Waals surface area contributed by atoms with Gasteiger partial charge in [-0.05, 0) is 97.5 Å². The fourth-order valence-electron chi connectivity index (χ4n) is 5.61. The Hall–Kier alpha value is -4.59. The largest absolute Gasteiger partial charge is 0.494 e. The maximum Gasteiger partial charge on any atom is 0.323 e. The van der Waals surface area contributed by atoms with E-state index in [1.165, 1.54) is 6.07 Å². The number of rotatable bonds is 15. The summed E-state index contributed by atoms with van der Waals surface area (Å²) in [5, 5.41) is 19.4. The average Bonchev–Trinajstić information content (AvgIpc) is 3.68. The highest BCUT2D eigenvalue weighted by Gasteiger charge is 2.45. The molecular weight excluding hydrogens is 549 g/mol. The summed E-state index contributed by atoms with van der Waals surface area (Å²) >= 11 is 0. The van der Waals surface area contributed by atoms with Gasteiger partial charge in [0.2, 0.25) is 0 Å². The molecule has 2 N–H and O–H groups in total. The van der Waals surface area contributed by atoms with Crippen molar-refractivity contribution in [2.24, 2.45) is 5.41 Å². The summed E-state index contributed by atoms with van der Waals surface area (Å²) in [5.41, 5.74) is 3.05. The van der Waals surface area contributed by atoms with Crippen molar-refractivity contribution in [3.8, 4) is 11.5 Å². The second-order valence-electron chi connectivity index (χ2n) is 11.3. The zero-order chi connectivity index (χ0) is 30.4. The minimum atomic E-state index is -1.03. The van der Waals surface area contributed by atoms with Crippen LogP contribution < -0.4 is 9.47 Å². The SMILES string of the molecule is Cc1c(CC2(CC(=O)O)CC2)c2c(F)ccc(/C=C/c3ccc(OCCCCOc4ccccc4)cc3)c2n1CC(=O)O. The number of para-hydroxylation sites is 1. The van der Waals surface area contributed by atoms with E-state index in [4.69, 9.17) is 9.47 Å². The van der Waals surface area contributed by atoms with Crippen LogP contribution in [0.15, 0.2) is 66.7 Å². The topological polar surface area (TPSA) is 98.0 Å². The molecule has 0 amide bonds. The number of unbranched alkanes of at least 4 members (excludes halogenated alkanes) is 1. The van der Waals surface area contributed by atoms with E-state index >= 15 is 4.39 Å². The highest BCUT2D eigenvalue weighted by Crippen LogP contribution is 2.53. The van der Waals surface area contributed by atoms with Crippen molar-refractivity contribution in [2.45, 2.75) is 52.0 Å². The van der Waals surface area contributed by atoms with Crippen LogP contribution in [0.4, 0.5) is 4.39 Å².